The van der Waals surface area contributed by atoms with E-state index in [2.05, 4.69) is 5.10 Å². The Morgan fingerprint density at radius 2 is 2.23 bits per heavy atom. The second-order valence-electron chi connectivity index (χ2n) is 2.89. The molecule has 0 aliphatic rings. The Balaban J connectivity index is 2.70. The first-order chi connectivity index (χ1) is 5.88. The molecule has 0 radical (unpaired) electrons. The molecule has 0 aromatic carbocycles. The number of hydrogen-bond donors (Lipinski definition) is 0. The van der Waals surface area contributed by atoms with Gasteiger partial charge in [-0.05, 0) is 13.0 Å². The van der Waals surface area contributed by atoms with Crippen LogP contribution < -0.4 is 0 Å². The summed E-state index contributed by atoms with van der Waals surface area (Å²) < 4.78 is 34.2. The van der Waals surface area contributed by atoms with Crippen LogP contribution in [0, 0.1) is 6.92 Å². The first kappa shape index (κ1) is 10.2. The predicted molar refractivity (Wildman–Crippen MR) is 46.5 cm³/mol. The molecule has 0 saturated heterocycles. The van der Waals surface area contributed by atoms with Crippen molar-refractivity contribution in [3.8, 4) is 0 Å². The number of hydrogen-bond acceptors (Lipinski definition) is 3. The zero-order valence-corrected chi connectivity index (χ0v) is 8.31. The molecule has 1 aromatic rings. The lowest BCUT2D eigenvalue weighted by Crippen LogP contribution is -2.06. The van der Waals surface area contributed by atoms with Crippen molar-refractivity contribution >= 4 is 10.2 Å². The van der Waals surface area contributed by atoms with E-state index in [0.29, 0.717) is 0 Å². The Kier molecular flexibility index (Phi) is 2.70. The highest BCUT2D eigenvalue weighted by Gasteiger charge is 2.09. The van der Waals surface area contributed by atoms with Crippen LogP contribution >= 0.6 is 0 Å². The molecule has 1 heterocycles. The van der Waals surface area contributed by atoms with Gasteiger partial charge in [0.25, 0.3) is 0 Å². The fraction of sp³-hybridized carbons (Fsp3) is 0.571. The third-order valence-corrected chi connectivity index (χ3v) is 2.39. The SMILES string of the molecule is Cc1cc(CCS(=O)(=O)F)n(C)n1. The second kappa shape index (κ2) is 3.45. The normalized spacial score (nSPS) is 11.9. The van der Waals surface area contributed by atoms with Crippen LogP contribution in [0.1, 0.15) is 11.4 Å². The molecular formula is C7H11FN2O2S. The van der Waals surface area contributed by atoms with Crippen molar-refractivity contribution in [1.82, 2.24) is 9.78 Å². The highest BCUT2D eigenvalue weighted by atomic mass is 32.3. The van der Waals surface area contributed by atoms with Crippen LogP contribution in [0.15, 0.2) is 6.07 Å². The maximum atomic E-state index is 12.2. The maximum absolute atomic E-state index is 12.2. The zero-order chi connectivity index (χ0) is 10.1. The van der Waals surface area contributed by atoms with Crippen molar-refractivity contribution in [2.75, 3.05) is 5.75 Å². The monoisotopic (exact) mass is 206 g/mol. The topological polar surface area (TPSA) is 52.0 Å². The van der Waals surface area contributed by atoms with Crippen LogP contribution in [0.3, 0.4) is 0 Å². The van der Waals surface area contributed by atoms with Crippen molar-refractivity contribution in [2.24, 2.45) is 7.05 Å². The van der Waals surface area contributed by atoms with E-state index in [1.165, 1.54) is 0 Å². The van der Waals surface area contributed by atoms with E-state index in [9.17, 15) is 12.3 Å². The quantitative estimate of drug-likeness (QED) is 0.679. The average Bonchev–Trinajstić information content (AvgIpc) is 2.24. The van der Waals surface area contributed by atoms with Crippen molar-refractivity contribution < 1.29 is 12.3 Å². The van der Waals surface area contributed by atoms with E-state index >= 15 is 0 Å². The van der Waals surface area contributed by atoms with Crippen molar-refractivity contribution in [2.45, 2.75) is 13.3 Å². The summed E-state index contributed by atoms with van der Waals surface area (Å²) in [4.78, 5) is 0. The molecule has 1 aromatic heterocycles. The number of nitrogens with zero attached hydrogens (tertiary/aromatic N) is 2. The van der Waals surface area contributed by atoms with Gasteiger partial charge in [-0.1, -0.05) is 0 Å². The summed E-state index contributed by atoms with van der Waals surface area (Å²) >= 11 is 0. The Morgan fingerprint density at radius 3 is 2.62 bits per heavy atom. The lowest BCUT2D eigenvalue weighted by atomic mass is 10.3. The standard InChI is InChI=1S/C7H11FN2O2S/c1-6-5-7(10(2)9-6)3-4-13(8,11)12/h5H,3-4H2,1-2H3. The first-order valence-electron chi connectivity index (χ1n) is 3.80. The summed E-state index contributed by atoms with van der Waals surface area (Å²) in [6.07, 6.45) is 0.163. The van der Waals surface area contributed by atoms with Crippen LogP contribution in [0.2, 0.25) is 0 Å². The molecule has 0 atom stereocenters. The lowest BCUT2D eigenvalue weighted by molar-refractivity contribution is 0.550. The Labute approximate surface area is 76.6 Å². The number of aryl methyl sites for hydroxylation is 3. The number of aromatic nitrogens is 2. The van der Waals surface area contributed by atoms with Crippen LogP contribution in [-0.2, 0) is 23.7 Å². The van der Waals surface area contributed by atoms with Gasteiger partial charge in [0.05, 0.1) is 11.4 Å². The maximum Gasteiger partial charge on any atom is 0.302 e. The zero-order valence-electron chi connectivity index (χ0n) is 7.49. The predicted octanol–water partition coefficient (Wildman–Crippen LogP) is 0.570. The van der Waals surface area contributed by atoms with Gasteiger partial charge in [-0.25, -0.2) is 0 Å². The fourth-order valence-electron chi connectivity index (χ4n) is 1.12. The number of halogens is 1. The van der Waals surface area contributed by atoms with E-state index in [4.69, 9.17) is 0 Å². The van der Waals surface area contributed by atoms with E-state index in [1.807, 2.05) is 0 Å². The molecule has 0 unspecified atom stereocenters. The van der Waals surface area contributed by atoms with Crippen LogP contribution in [-0.4, -0.2) is 24.0 Å². The highest BCUT2D eigenvalue weighted by molar-refractivity contribution is 7.86. The molecule has 0 N–H and O–H groups in total. The molecule has 4 nitrogen and oxygen atoms in total. The Morgan fingerprint density at radius 1 is 1.62 bits per heavy atom. The van der Waals surface area contributed by atoms with Crippen LogP contribution in [0.4, 0.5) is 3.89 Å². The molecule has 0 saturated carbocycles. The Hall–Kier alpha value is -0.910. The van der Waals surface area contributed by atoms with E-state index < -0.39 is 16.0 Å². The van der Waals surface area contributed by atoms with E-state index in [-0.39, 0.29) is 6.42 Å². The molecule has 13 heavy (non-hydrogen) atoms. The third kappa shape index (κ3) is 3.14. The largest absolute Gasteiger partial charge is 0.302 e. The average molecular weight is 206 g/mol. The van der Waals surface area contributed by atoms with Gasteiger partial charge in [0, 0.05) is 19.2 Å². The van der Waals surface area contributed by atoms with Crippen LogP contribution in [0.5, 0.6) is 0 Å². The van der Waals surface area contributed by atoms with Crippen molar-refractivity contribution in [3.05, 3.63) is 17.5 Å². The summed E-state index contributed by atoms with van der Waals surface area (Å²) in [6, 6.07) is 1.74. The highest BCUT2D eigenvalue weighted by Crippen LogP contribution is 2.04. The third-order valence-electron chi connectivity index (χ3n) is 1.70. The van der Waals surface area contributed by atoms with Gasteiger partial charge in [0.15, 0.2) is 0 Å². The second-order valence-corrected chi connectivity index (χ2v) is 4.38. The van der Waals surface area contributed by atoms with Gasteiger partial charge in [-0.2, -0.15) is 13.5 Å². The van der Waals surface area contributed by atoms with E-state index in [1.54, 1.807) is 24.7 Å². The lowest BCUT2D eigenvalue weighted by Gasteiger charge is -1.97. The smallest absolute Gasteiger partial charge is 0.272 e. The van der Waals surface area contributed by atoms with Gasteiger partial charge < -0.3 is 0 Å². The summed E-state index contributed by atoms with van der Waals surface area (Å²) in [5.74, 6) is -0.480. The minimum absolute atomic E-state index is 0.163. The van der Waals surface area contributed by atoms with Gasteiger partial charge in [-0.3, -0.25) is 4.68 Å². The summed E-state index contributed by atoms with van der Waals surface area (Å²) in [6.45, 7) is 1.80. The first-order valence-corrected chi connectivity index (χ1v) is 5.35. The van der Waals surface area contributed by atoms with Crippen LogP contribution in [0.25, 0.3) is 0 Å². The molecule has 0 aliphatic heterocycles. The number of rotatable bonds is 3. The summed E-state index contributed by atoms with van der Waals surface area (Å²) in [7, 11) is -2.67. The molecule has 0 spiro atoms. The summed E-state index contributed by atoms with van der Waals surface area (Å²) in [5, 5.41) is 4.01. The molecule has 0 amide bonds. The summed E-state index contributed by atoms with van der Waals surface area (Å²) in [5.41, 5.74) is 1.52. The minimum Gasteiger partial charge on any atom is -0.272 e. The Bertz CT molecular complexity index is 397. The molecule has 0 fully saturated rings. The van der Waals surface area contributed by atoms with Gasteiger partial charge in [0.1, 0.15) is 0 Å². The van der Waals surface area contributed by atoms with Crippen molar-refractivity contribution in [3.63, 3.8) is 0 Å². The van der Waals surface area contributed by atoms with Gasteiger partial charge in [-0.15, -0.1) is 3.89 Å². The van der Waals surface area contributed by atoms with Gasteiger partial charge in [0.2, 0.25) is 0 Å². The molecule has 0 bridgehead atoms. The van der Waals surface area contributed by atoms with Crippen molar-refractivity contribution in [1.29, 1.82) is 0 Å². The fourth-order valence-corrected chi connectivity index (χ4v) is 1.58. The molecule has 6 heteroatoms. The molecule has 0 aliphatic carbocycles. The molecular weight excluding hydrogens is 195 g/mol. The van der Waals surface area contributed by atoms with E-state index in [0.717, 1.165) is 11.4 Å². The van der Waals surface area contributed by atoms with Gasteiger partial charge >= 0.3 is 10.2 Å². The molecule has 74 valence electrons. The minimum atomic E-state index is -4.37. The molecule has 1 rings (SSSR count).